The molecule has 3 rings (SSSR count). The summed E-state index contributed by atoms with van der Waals surface area (Å²) in [6.45, 7) is 6.88. The first kappa shape index (κ1) is 34.0. The van der Waals surface area contributed by atoms with Crippen molar-refractivity contribution in [3.8, 4) is 0 Å². The van der Waals surface area contributed by atoms with Gasteiger partial charge in [0.2, 0.25) is 11.8 Å². The maximum atomic E-state index is 14.5. The van der Waals surface area contributed by atoms with Gasteiger partial charge >= 0.3 is 6.03 Å². The third-order valence-electron chi connectivity index (χ3n) is 7.19. The molecule has 0 unspecified atom stereocenters. The van der Waals surface area contributed by atoms with Gasteiger partial charge in [0, 0.05) is 35.1 Å². The molecule has 0 spiro atoms. The monoisotopic (exact) mass is 718 g/mol. The number of hydrogen-bond acceptors (Lipinski definition) is 5. The van der Waals surface area contributed by atoms with Crippen molar-refractivity contribution in [1.82, 2.24) is 9.80 Å². The maximum absolute atomic E-state index is 14.5. The largest absolute Gasteiger partial charge is 0.370 e. The van der Waals surface area contributed by atoms with E-state index < -0.39 is 23.3 Å². The first-order chi connectivity index (χ1) is 20.1. The third kappa shape index (κ3) is 8.79. The molecule has 0 aromatic heterocycles. The molecule has 232 valence electrons. The topological polar surface area (TPSA) is 186 Å². The number of nitrogens with two attached hydrogens (primary N) is 4. The Bertz CT molecular complexity index is 1330. The summed E-state index contributed by atoms with van der Waals surface area (Å²) < 4.78 is 1.58. The van der Waals surface area contributed by atoms with Crippen LogP contribution in [0.15, 0.2) is 61.4 Å². The van der Waals surface area contributed by atoms with Crippen LogP contribution in [0.3, 0.4) is 0 Å². The molecule has 0 radical (unpaired) electrons. The zero-order chi connectivity index (χ0) is 31.9. The molecule has 4 amide bonds. The Morgan fingerprint density at radius 1 is 0.744 bits per heavy atom. The van der Waals surface area contributed by atoms with E-state index in [9.17, 15) is 14.4 Å². The van der Waals surface area contributed by atoms with Crippen molar-refractivity contribution in [3.63, 3.8) is 0 Å². The van der Waals surface area contributed by atoms with Gasteiger partial charge in [-0.15, -0.1) is 0 Å². The van der Waals surface area contributed by atoms with Crippen molar-refractivity contribution in [2.45, 2.75) is 51.9 Å². The van der Waals surface area contributed by atoms with E-state index in [-0.39, 0.29) is 56.4 Å². The number of guanidine groups is 2. The molecule has 0 bridgehead atoms. The lowest BCUT2D eigenvalue weighted by atomic mass is 9.72. The van der Waals surface area contributed by atoms with Gasteiger partial charge in [-0.05, 0) is 66.0 Å². The number of benzene rings is 2. The van der Waals surface area contributed by atoms with Crippen LogP contribution in [0.2, 0.25) is 0 Å². The van der Waals surface area contributed by atoms with Gasteiger partial charge in [-0.2, -0.15) is 0 Å². The number of rotatable bonds is 12. The molecule has 1 saturated heterocycles. The molecule has 0 atom stereocenters. The van der Waals surface area contributed by atoms with Crippen LogP contribution in [0, 0.1) is 5.41 Å². The average molecular weight is 721 g/mol. The molecule has 43 heavy (non-hydrogen) atoms. The fraction of sp³-hybridized carbons (Fsp3) is 0.433. The molecular weight excluding hydrogens is 680 g/mol. The summed E-state index contributed by atoms with van der Waals surface area (Å²) in [5.41, 5.74) is 22.9. The second-order valence-corrected chi connectivity index (χ2v) is 13.5. The van der Waals surface area contributed by atoms with Gasteiger partial charge in [-0.1, -0.05) is 76.9 Å². The summed E-state index contributed by atoms with van der Waals surface area (Å²) in [6.07, 6.45) is 0.821. The molecule has 1 aliphatic heterocycles. The molecule has 13 heteroatoms. The zero-order valence-corrected chi connectivity index (χ0v) is 27.9. The minimum atomic E-state index is -1.59. The van der Waals surface area contributed by atoms with Crippen LogP contribution < -0.4 is 22.9 Å². The normalized spacial score (nSPS) is 15.0. The van der Waals surface area contributed by atoms with E-state index in [1.807, 2.05) is 42.5 Å². The predicted octanol–water partition coefficient (Wildman–Crippen LogP) is 3.40. The molecule has 8 N–H and O–H groups in total. The fourth-order valence-corrected chi connectivity index (χ4v) is 6.48. The Labute approximate surface area is 269 Å². The van der Waals surface area contributed by atoms with E-state index in [1.54, 1.807) is 0 Å². The molecule has 11 nitrogen and oxygen atoms in total. The van der Waals surface area contributed by atoms with Crippen molar-refractivity contribution in [2.24, 2.45) is 38.3 Å². The minimum absolute atomic E-state index is 0.0407. The lowest BCUT2D eigenvalue weighted by Crippen LogP contribution is -2.66. The van der Waals surface area contributed by atoms with E-state index in [2.05, 4.69) is 62.6 Å². The number of imide groups is 2. The van der Waals surface area contributed by atoms with Crippen LogP contribution in [0.4, 0.5) is 4.79 Å². The Balaban J connectivity index is 2.12. The summed E-state index contributed by atoms with van der Waals surface area (Å²) >= 11 is 7.04. The van der Waals surface area contributed by atoms with Gasteiger partial charge in [-0.3, -0.25) is 29.4 Å². The van der Waals surface area contributed by atoms with Crippen LogP contribution >= 0.6 is 31.9 Å². The summed E-state index contributed by atoms with van der Waals surface area (Å²) in [6, 6.07) is 12.9. The van der Waals surface area contributed by atoms with Crippen LogP contribution in [0.25, 0.3) is 0 Å². The van der Waals surface area contributed by atoms with E-state index in [0.717, 1.165) is 35.4 Å². The SMILES string of the molecule is CC(C)(C)c1ccc(CC2(Cc3cc(Br)cc(Br)c3)C(=O)N(CCCN=C(N)N)C(=O)N(CCCN=C(N)N)C2=O)cc1. The number of urea groups is 1. The highest BCUT2D eigenvalue weighted by Crippen LogP contribution is 2.38. The smallest absolute Gasteiger partial charge is 0.333 e. The molecule has 1 heterocycles. The Kier molecular flexibility index (Phi) is 11.4. The van der Waals surface area contributed by atoms with Gasteiger partial charge in [0.05, 0.1) is 0 Å². The van der Waals surface area contributed by atoms with Gasteiger partial charge in [0.25, 0.3) is 0 Å². The summed E-state index contributed by atoms with van der Waals surface area (Å²) in [7, 11) is 0. The number of carbonyl (C=O) groups excluding carboxylic acids is 3. The Morgan fingerprint density at radius 3 is 1.60 bits per heavy atom. The number of amides is 4. The van der Waals surface area contributed by atoms with Gasteiger partial charge < -0.3 is 22.9 Å². The van der Waals surface area contributed by atoms with Gasteiger partial charge in [-0.25, -0.2) is 4.79 Å². The molecule has 0 aliphatic carbocycles. The second-order valence-electron chi connectivity index (χ2n) is 11.7. The lowest BCUT2D eigenvalue weighted by Gasteiger charge is -2.44. The summed E-state index contributed by atoms with van der Waals surface area (Å²) in [5.74, 6) is -1.27. The van der Waals surface area contributed by atoms with E-state index in [0.29, 0.717) is 12.8 Å². The first-order valence-corrected chi connectivity index (χ1v) is 15.6. The number of nitrogens with zero attached hydrogens (tertiary/aromatic N) is 4. The quantitative estimate of drug-likeness (QED) is 0.112. The zero-order valence-electron chi connectivity index (χ0n) is 24.8. The van der Waals surface area contributed by atoms with Crippen LogP contribution in [0.1, 0.15) is 50.3 Å². The number of hydrogen-bond donors (Lipinski definition) is 4. The average Bonchev–Trinajstić information content (AvgIpc) is 2.90. The van der Waals surface area contributed by atoms with E-state index >= 15 is 0 Å². The number of aliphatic imine (C=N–C) groups is 2. The molecule has 2 aromatic rings. The highest BCUT2D eigenvalue weighted by atomic mass is 79.9. The maximum Gasteiger partial charge on any atom is 0.333 e. The number of carbonyl (C=O) groups is 3. The molecule has 0 saturated carbocycles. The highest BCUT2D eigenvalue weighted by molar-refractivity contribution is 9.11. The standard InChI is InChI=1S/C30H40Br2N8O3/c1-29(2,3)21-8-6-19(7-9-21)17-30(18-20-14-22(31)16-23(32)15-20)24(41)39(12-4-10-37-26(33)34)28(43)40(25(30)42)13-5-11-38-27(35)36/h6-9,14-16H,4-5,10-13,17-18H2,1-3H3,(H4,33,34,37)(H4,35,36,38). The van der Waals surface area contributed by atoms with Crippen molar-refractivity contribution < 1.29 is 14.4 Å². The second kappa shape index (κ2) is 14.3. The van der Waals surface area contributed by atoms with Crippen molar-refractivity contribution in [1.29, 1.82) is 0 Å². The van der Waals surface area contributed by atoms with Crippen LogP contribution in [-0.4, -0.2) is 65.7 Å². The lowest BCUT2D eigenvalue weighted by molar-refractivity contribution is -0.159. The van der Waals surface area contributed by atoms with Gasteiger partial charge in [0.1, 0.15) is 5.41 Å². The molecule has 2 aromatic carbocycles. The molecule has 1 aliphatic rings. The molecule has 1 fully saturated rings. The third-order valence-corrected chi connectivity index (χ3v) is 8.11. The van der Waals surface area contributed by atoms with Gasteiger partial charge in [0.15, 0.2) is 11.9 Å². The van der Waals surface area contributed by atoms with Crippen molar-refractivity contribution in [3.05, 3.63) is 68.1 Å². The summed E-state index contributed by atoms with van der Waals surface area (Å²) in [5, 5.41) is 0. The van der Waals surface area contributed by atoms with E-state index in [4.69, 9.17) is 22.9 Å². The molecular formula is C30H40Br2N8O3. The minimum Gasteiger partial charge on any atom is -0.370 e. The van der Waals surface area contributed by atoms with Crippen molar-refractivity contribution >= 4 is 61.6 Å². The first-order valence-electron chi connectivity index (χ1n) is 14.0. The highest BCUT2D eigenvalue weighted by Gasteiger charge is 2.56. The predicted molar refractivity (Wildman–Crippen MR) is 176 cm³/mol. The summed E-state index contributed by atoms with van der Waals surface area (Å²) in [4.78, 5) is 52.9. The number of barbiturate groups is 1. The Morgan fingerprint density at radius 2 is 1.19 bits per heavy atom. The number of halogens is 2. The fourth-order valence-electron chi connectivity index (χ4n) is 5.09. The van der Waals surface area contributed by atoms with E-state index in [1.165, 1.54) is 0 Å². The van der Waals surface area contributed by atoms with Crippen LogP contribution in [-0.2, 0) is 27.8 Å². The Hall–Kier alpha value is -3.45. The van der Waals surface area contributed by atoms with Crippen molar-refractivity contribution in [2.75, 3.05) is 26.2 Å². The van der Waals surface area contributed by atoms with Crippen LogP contribution in [0.5, 0.6) is 0 Å².